The second kappa shape index (κ2) is 19.6. The number of anilines is 1. The molecule has 9 nitrogen and oxygen atoms in total. The van der Waals surface area contributed by atoms with Gasteiger partial charge in [-0.2, -0.15) is 5.10 Å². The zero-order chi connectivity index (χ0) is 31.7. The van der Waals surface area contributed by atoms with Crippen LogP contribution < -0.4 is 15.6 Å². The van der Waals surface area contributed by atoms with Gasteiger partial charge in [0.1, 0.15) is 29.1 Å². The second-order valence-electron chi connectivity index (χ2n) is 9.12. The monoisotopic (exact) mass is 598 g/mol. The van der Waals surface area contributed by atoms with E-state index in [4.69, 9.17) is 5.41 Å². The van der Waals surface area contributed by atoms with E-state index < -0.39 is 11.0 Å². The maximum absolute atomic E-state index is 13.0. The molecule has 3 aromatic rings. The first-order valence-corrected chi connectivity index (χ1v) is 16.5. The molecule has 0 saturated carbocycles. The number of hydrogen-bond donors (Lipinski definition) is 3. The topological polar surface area (TPSA) is 122 Å². The highest BCUT2D eigenvalue weighted by Gasteiger charge is 2.23. The molecular formula is C32H50N6O3S. The molecule has 3 N–H and O–H groups in total. The summed E-state index contributed by atoms with van der Waals surface area (Å²) >= 11 is 0. The number of hydrogen-bond acceptors (Lipinski definition) is 5. The van der Waals surface area contributed by atoms with Crippen molar-refractivity contribution in [3.8, 4) is 0 Å². The molecule has 2 unspecified atom stereocenters. The summed E-state index contributed by atoms with van der Waals surface area (Å²) in [7, 11) is -1.47. The Labute approximate surface area is 254 Å². The number of aryl methyl sites for hydroxylation is 2. The molecule has 0 bridgehead atoms. The first-order chi connectivity index (χ1) is 20.3. The second-order valence-corrected chi connectivity index (χ2v) is 10.3. The van der Waals surface area contributed by atoms with Crippen LogP contribution >= 0.6 is 0 Å². The van der Waals surface area contributed by atoms with Crippen molar-refractivity contribution in [2.75, 3.05) is 11.3 Å². The summed E-state index contributed by atoms with van der Waals surface area (Å²) in [6.07, 6.45) is 5.09. The fourth-order valence-corrected chi connectivity index (χ4v) is 5.31. The van der Waals surface area contributed by atoms with Gasteiger partial charge in [-0.15, -0.1) is 0 Å². The highest BCUT2D eigenvalue weighted by molar-refractivity contribution is 7.85. The predicted molar refractivity (Wildman–Crippen MR) is 176 cm³/mol. The van der Waals surface area contributed by atoms with Gasteiger partial charge >= 0.3 is 0 Å². The molecule has 2 aromatic heterocycles. The van der Waals surface area contributed by atoms with Crippen LogP contribution in [0, 0.1) is 18.3 Å². The lowest BCUT2D eigenvalue weighted by Gasteiger charge is -2.21. The predicted octanol–water partition coefficient (Wildman–Crippen LogP) is 5.86. The van der Waals surface area contributed by atoms with E-state index in [0.717, 1.165) is 36.1 Å². The van der Waals surface area contributed by atoms with Crippen LogP contribution in [0.5, 0.6) is 0 Å². The van der Waals surface area contributed by atoms with Crippen molar-refractivity contribution in [2.24, 2.45) is 5.92 Å². The van der Waals surface area contributed by atoms with E-state index in [1.807, 2.05) is 85.0 Å². The summed E-state index contributed by atoms with van der Waals surface area (Å²) in [5.41, 5.74) is 3.56. The van der Waals surface area contributed by atoms with Crippen molar-refractivity contribution in [3.63, 3.8) is 0 Å². The molecule has 0 radical (unpaired) electrons. The smallest absolute Gasteiger partial charge is 0.275 e. The van der Waals surface area contributed by atoms with E-state index >= 15 is 0 Å². The van der Waals surface area contributed by atoms with Crippen LogP contribution in [-0.2, 0) is 40.9 Å². The lowest BCUT2D eigenvalue weighted by molar-refractivity contribution is -0.121. The number of pyridine rings is 1. The van der Waals surface area contributed by atoms with Gasteiger partial charge in [0.15, 0.2) is 0 Å². The third-order valence-electron chi connectivity index (χ3n) is 6.43. The van der Waals surface area contributed by atoms with E-state index in [2.05, 4.69) is 15.1 Å². The van der Waals surface area contributed by atoms with Crippen molar-refractivity contribution in [3.05, 3.63) is 81.5 Å². The molecule has 0 aliphatic heterocycles. The summed E-state index contributed by atoms with van der Waals surface area (Å²) in [5.74, 6) is 0.782. The normalized spacial score (nSPS) is 13.9. The van der Waals surface area contributed by atoms with Gasteiger partial charge in [-0.3, -0.25) is 19.7 Å². The fraction of sp³-hybridized carbons (Fsp3) is 0.500. The van der Waals surface area contributed by atoms with Crippen molar-refractivity contribution < 1.29 is 9.00 Å². The molecule has 2 heterocycles. The Kier molecular flexibility index (Phi) is 17.0. The summed E-state index contributed by atoms with van der Waals surface area (Å²) in [6, 6.07) is 12.8. The maximum Gasteiger partial charge on any atom is 0.275 e. The Hall–Kier alpha value is -3.53. The van der Waals surface area contributed by atoms with E-state index in [-0.39, 0.29) is 35.4 Å². The average Bonchev–Trinajstić information content (AvgIpc) is 3.46. The number of nitrogens with zero attached hydrogens (tertiary/aromatic N) is 3. The Morgan fingerprint density at radius 2 is 1.74 bits per heavy atom. The maximum atomic E-state index is 13.0. The fourth-order valence-electron chi connectivity index (χ4n) is 4.34. The van der Waals surface area contributed by atoms with Gasteiger partial charge < -0.3 is 9.88 Å². The number of amides is 1. The molecule has 0 saturated heterocycles. The Morgan fingerprint density at radius 1 is 1.07 bits per heavy atom. The third kappa shape index (κ3) is 10.7. The molecule has 42 heavy (non-hydrogen) atoms. The minimum Gasteiger partial charge on any atom is -0.354 e. The van der Waals surface area contributed by atoms with E-state index in [1.54, 1.807) is 23.7 Å². The van der Waals surface area contributed by atoms with Crippen LogP contribution in [0.15, 0.2) is 53.5 Å². The van der Waals surface area contributed by atoms with E-state index in [9.17, 15) is 13.8 Å². The molecule has 0 spiro atoms. The number of aromatic nitrogens is 3. The number of nitrogens with one attached hydrogen (secondary N) is 3. The zero-order valence-corrected chi connectivity index (χ0v) is 27.4. The molecule has 10 heteroatoms. The van der Waals surface area contributed by atoms with Gasteiger partial charge in [-0.1, -0.05) is 78.8 Å². The van der Waals surface area contributed by atoms with Crippen molar-refractivity contribution in [1.29, 1.82) is 5.41 Å². The van der Waals surface area contributed by atoms with Crippen LogP contribution in [0.4, 0.5) is 5.69 Å². The number of carbonyl (C=O) groups excluding carboxylic acids is 1. The number of fused-ring (bicyclic) bond motifs is 1. The van der Waals surface area contributed by atoms with Crippen LogP contribution in [-0.4, -0.2) is 36.8 Å². The summed E-state index contributed by atoms with van der Waals surface area (Å²) in [4.78, 5) is 25.7. The Balaban J connectivity index is 0.00000138. The molecule has 1 aromatic carbocycles. The Bertz CT molecular complexity index is 1330. The van der Waals surface area contributed by atoms with Crippen LogP contribution in [0.3, 0.4) is 0 Å². The van der Waals surface area contributed by atoms with Gasteiger partial charge in [-0.05, 0) is 55.4 Å². The van der Waals surface area contributed by atoms with E-state index in [1.165, 1.54) is 4.57 Å². The molecule has 1 aliphatic rings. The largest absolute Gasteiger partial charge is 0.354 e. The van der Waals surface area contributed by atoms with Gasteiger partial charge in [-0.25, -0.2) is 8.89 Å². The number of benzene rings is 1. The minimum absolute atomic E-state index is 0.102. The van der Waals surface area contributed by atoms with Crippen LogP contribution in [0.25, 0.3) is 0 Å². The van der Waals surface area contributed by atoms with E-state index in [0.29, 0.717) is 24.5 Å². The molecular weight excluding hydrogens is 548 g/mol. The highest BCUT2D eigenvalue weighted by atomic mass is 32.2. The van der Waals surface area contributed by atoms with Gasteiger partial charge in [0.05, 0.1) is 11.4 Å². The quantitative estimate of drug-likeness (QED) is 0.211. The summed E-state index contributed by atoms with van der Waals surface area (Å²) in [6.45, 7) is 16.1. The molecule has 2 atom stereocenters. The standard InChI is InChI=1S/C26H32N6O3S.3C2H6/c1-3-24(27)32-15-21-13-20(10-12-22(21)29-32)14-28-25(33)16-31-18(2)9-11-23(26(31)34)30-36(35)17-19-7-5-4-6-8-19;3*1-2/h4-9,11,15,20,27,30H,3,10,12-14,16-17H2,1-2H3,(H,28,33);3*1-2H3. The number of rotatable bonds is 9. The number of carbonyl (C=O) groups is 1. The molecule has 1 amide bonds. The lowest BCUT2D eigenvalue weighted by atomic mass is 9.88. The first kappa shape index (κ1) is 36.5. The lowest BCUT2D eigenvalue weighted by Crippen LogP contribution is -2.37. The Morgan fingerprint density at radius 3 is 2.38 bits per heavy atom. The van der Waals surface area contributed by atoms with Crippen molar-refractivity contribution in [1.82, 2.24) is 19.7 Å². The molecule has 1 aliphatic carbocycles. The van der Waals surface area contributed by atoms with Crippen molar-refractivity contribution >= 4 is 28.4 Å². The van der Waals surface area contributed by atoms with Gasteiger partial charge in [0.2, 0.25) is 5.91 Å². The average molecular weight is 599 g/mol. The third-order valence-corrected chi connectivity index (χ3v) is 7.48. The first-order valence-electron chi connectivity index (χ1n) is 15.1. The van der Waals surface area contributed by atoms with Crippen molar-refractivity contribution in [2.45, 2.75) is 93.4 Å². The van der Waals surface area contributed by atoms with Crippen LogP contribution in [0.1, 0.15) is 83.8 Å². The zero-order valence-electron chi connectivity index (χ0n) is 26.6. The van der Waals surface area contributed by atoms with Gasteiger partial charge in [0, 0.05) is 24.9 Å². The SMILES string of the molecule is CC.CC.CC.CCC(=N)n1cc2c(n1)CCC(CNC(=O)Cn1c(C)ccc(NS(=O)Cc3ccccc3)c1=O)C2. The highest BCUT2D eigenvalue weighted by Crippen LogP contribution is 2.24. The summed E-state index contributed by atoms with van der Waals surface area (Å²) < 4.78 is 18.4. The van der Waals surface area contributed by atoms with Crippen LogP contribution in [0.2, 0.25) is 0 Å². The molecule has 0 fully saturated rings. The summed E-state index contributed by atoms with van der Waals surface area (Å²) in [5, 5.41) is 15.5. The molecule has 232 valence electrons. The molecule has 4 rings (SSSR count). The minimum atomic E-state index is -1.47. The van der Waals surface area contributed by atoms with Gasteiger partial charge in [0.25, 0.3) is 5.56 Å².